The maximum absolute atomic E-state index is 13.6. The molecule has 0 aromatic heterocycles. The Morgan fingerprint density at radius 1 is 0.730 bits per heavy atom. The molecule has 0 amide bonds. The summed E-state index contributed by atoms with van der Waals surface area (Å²) < 4.78 is 11.3. The van der Waals surface area contributed by atoms with E-state index in [0.717, 1.165) is 6.08 Å². The van der Waals surface area contributed by atoms with Crippen molar-refractivity contribution in [2.24, 2.45) is 0 Å². The molecule has 2 N–H and O–H groups in total. The van der Waals surface area contributed by atoms with E-state index >= 15 is 0 Å². The topological polar surface area (TPSA) is 127 Å². The van der Waals surface area contributed by atoms with Crippen LogP contribution < -0.4 is 0 Å². The summed E-state index contributed by atoms with van der Waals surface area (Å²) in [4.78, 5) is 51.9. The normalized spacial score (nSPS) is 18.9. The van der Waals surface area contributed by atoms with Gasteiger partial charge < -0.3 is 19.7 Å². The maximum Gasteiger partial charge on any atom is 0.339 e. The molecule has 1 aliphatic rings. The molecule has 8 heteroatoms. The fraction of sp³-hybridized carbons (Fsp3) is 0.103. The van der Waals surface area contributed by atoms with E-state index in [0.29, 0.717) is 0 Å². The summed E-state index contributed by atoms with van der Waals surface area (Å²) in [5.41, 5.74) is -2.82. The Morgan fingerprint density at radius 2 is 1.19 bits per heavy atom. The van der Waals surface area contributed by atoms with E-state index in [1.54, 1.807) is 54.6 Å². The van der Waals surface area contributed by atoms with Gasteiger partial charge in [-0.15, -0.1) is 0 Å². The molecule has 0 bridgehead atoms. The Morgan fingerprint density at radius 3 is 1.68 bits per heavy atom. The van der Waals surface area contributed by atoms with Crippen molar-refractivity contribution >= 4 is 23.7 Å². The number of rotatable bonds is 7. The number of esters is 2. The lowest BCUT2D eigenvalue weighted by molar-refractivity contribution is -0.132. The van der Waals surface area contributed by atoms with Gasteiger partial charge in [0.1, 0.15) is 5.76 Å². The lowest BCUT2D eigenvalue weighted by Crippen LogP contribution is -2.52. The molecular formula is C29H22O8. The number of ketones is 1. The van der Waals surface area contributed by atoms with E-state index < -0.39 is 52.3 Å². The van der Waals surface area contributed by atoms with Gasteiger partial charge in [0, 0.05) is 5.56 Å². The monoisotopic (exact) mass is 498 g/mol. The molecule has 0 saturated carbocycles. The van der Waals surface area contributed by atoms with Crippen LogP contribution in [-0.2, 0) is 14.3 Å². The molecule has 1 aliphatic carbocycles. The molecule has 186 valence electrons. The van der Waals surface area contributed by atoms with Crippen molar-refractivity contribution in [1.82, 2.24) is 0 Å². The van der Waals surface area contributed by atoms with Crippen LogP contribution in [0.3, 0.4) is 0 Å². The number of carboxylic acids is 1. The number of benzene rings is 3. The minimum atomic E-state index is -2.13. The Labute approximate surface area is 212 Å². The smallest absolute Gasteiger partial charge is 0.339 e. The van der Waals surface area contributed by atoms with Crippen molar-refractivity contribution < 1.29 is 38.9 Å². The molecule has 8 nitrogen and oxygen atoms in total. The summed E-state index contributed by atoms with van der Waals surface area (Å²) in [6.45, 7) is 1.25. The Kier molecular flexibility index (Phi) is 7.01. The molecule has 2 atom stereocenters. The van der Waals surface area contributed by atoms with Gasteiger partial charge in [0.05, 0.1) is 22.3 Å². The van der Waals surface area contributed by atoms with Crippen LogP contribution in [-0.4, -0.2) is 45.6 Å². The summed E-state index contributed by atoms with van der Waals surface area (Å²) in [7, 11) is 0. The quantitative estimate of drug-likeness (QED) is 0.359. The first kappa shape index (κ1) is 25.1. The third kappa shape index (κ3) is 5.04. The van der Waals surface area contributed by atoms with Crippen molar-refractivity contribution in [1.29, 1.82) is 0 Å². The van der Waals surface area contributed by atoms with Crippen LogP contribution in [0.2, 0.25) is 0 Å². The summed E-state index contributed by atoms with van der Waals surface area (Å²) in [5.74, 6) is -4.80. The number of aliphatic carboxylic acids is 1. The molecule has 0 spiro atoms. The first-order chi connectivity index (χ1) is 17.7. The van der Waals surface area contributed by atoms with Crippen molar-refractivity contribution in [2.75, 3.05) is 0 Å². The van der Waals surface area contributed by atoms with Crippen LogP contribution in [0.5, 0.6) is 0 Å². The number of aliphatic hydroxyl groups is 1. The van der Waals surface area contributed by atoms with E-state index in [9.17, 15) is 29.4 Å². The van der Waals surface area contributed by atoms with Crippen LogP contribution >= 0.6 is 0 Å². The number of Topliss-reactive ketones (excluding diaryl/α,β-unsaturated/α-hetero) is 1. The van der Waals surface area contributed by atoms with E-state index in [2.05, 4.69) is 0 Å². The third-order valence-electron chi connectivity index (χ3n) is 5.90. The molecule has 3 aromatic carbocycles. The van der Waals surface area contributed by atoms with E-state index in [1.807, 2.05) is 0 Å². The number of aliphatic hydroxyl groups excluding tert-OH is 1. The fourth-order valence-corrected chi connectivity index (χ4v) is 3.92. The number of carboxylic acid groups (broad SMARTS) is 1. The predicted molar refractivity (Wildman–Crippen MR) is 132 cm³/mol. The largest absolute Gasteiger partial charge is 0.508 e. The highest BCUT2D eigenvalue weighted by molar-refractivity contribution is 6.15. The molecule has 4 rings (SSSR count). The lowest BCUT2D eigenvalue weighted by atomic mass is 9.79. The molecule has 0 radical (unpaired) electrons. The van der Waals surface area contributed by atoms with Gasteiger partial charge in [-0.2, -0.15) is 0 Å². The highest BCUT2D eigenvalue weighted by Gasteiger charge is 2.53. The first-order valence-corrected chi connectivity index (χ1v) is 11.2. The fourth-order valence-electron chi connectivity index (χ4n) is 3.92. The number of carbonyl (C=O) groups excluding carboxylic acids is 3. The highest BCUT2D eigenvalue weighted by Crippen LogP contribution is 2.39. The standard InChI is InChI=1S/C29H22O8/c1-29(37-28(35)20-15-9-4-10-16-20)22(30)17-21(26(32)33)23(24(31)18-11-5-2-6-12-18)25(29)36-27(34)19-13-7-3-8-14-19/h2-17,25,30H,1H3,(H,32,33). The van der Waals surface area contributed by atoms with Gasteiger partial charge in [-0.05, 0) is 37.3 Å². The second-order valence-corrected chi connectivity index (χ2v) is 8.37. The van der Waals surface area contributed by atoms with Crippen LogP contribution in [0.1, 0.15) is 38.0 Å². The Hall–Kier alpha value is -4.98. The van der Waals surface area contributed by atoms with Gasteiger partial charge in [0.25, 0.3) is 0 Å². The van der Waals surface area contributed by atoms with Crippen LogP contribution in [0.4, 0.5) is 0 Å². The first-order valence-electron chi connectivity index (χ1n) is 11.2. The Balaban J connectivity index is 1.86. The van der Waals surface area contributed by atoms with Crippen molar-refractivity contribution in [3.05, 3.63) is 131 Å². The zero-order chi connectivity index (χ0) is 26.6. The number of hydrogen-bond acceptors (Lipinski definition) is 7. The second-order valence-electron chi connectivity index (χ2n) is 8.37. The molecule has 0 heterocycles. The van der Waals surface area contributed by atoms with E-state index in [4.69, 9.17) is 9.47 Å². The van der Waals surface area contributed by atoms with Crippen LogP contribution in [0.15, 0.2) is 114 Å². The minimum Gasteiger partial charge on any atom is -0.508 e. The molecule has 0 saturated heterocycles. The van der Waals surface area contributed by atoms with Gasteiger partial charge in [-0.25, -0.2) is 14.4 Å². The number of ether oxygens (including phenoxy) is 2. The molecule has 3 aromatic rings. The van der Waals surface area contributed by atoms with Crippen molar-refractivity contribution in [3.8, 4) is 0 Å². The van der Waals surface area contributed by atoms with Gasteiger partial charge in [0.2, 0.25) is 5.60 Å². The zero-order valence-electron chi connectivity index (χ0n) is 19.7. The molecule has 37 heavy (non-hydrogen) atoms. The summed E-state index contributed by atoms with van der Waals surface area (Å²) in [6, 6.07) is 23.5. The van der Waals surface area contributed by atoms with Crippen molar-refractivity contribution in [2.45, 2.75) is 18.6 Å². The summed E-state index contributed by atoms with van der Waals surface area (Å²) >= 11 is 0. The van der Waals surface area contributed by atoms with Gasteiger partial charge in [-0.3, -0.25) is 4.79 Å². The summed E-state index contributed by atoms with van der Waals surface area (Å²) in [5, 5.41) is 20.9. The van der Waals surface area contributed by atoms with Gasteiger partial charge in [0.15, 0.2) is 11.9 Å². The maximum atomic E-state index is 13.6. The molecule has 0 fully saturated rings. The van der Waals surface area contributed by atoms with Crippen LogP contribution in [0.25, 0.3) is 0 Å². The molecule has 2 unspecified atom stereocenters. The number of hydrogen-bond donors (Lipinski definition) is 2. The van der Waals surface area contributed by atoms with Gasteiger partial charge >= 0.3 is 17.9 Å². The minimum absolute atomic E-state index is 0.108. The van der Waals surface area contributed by atoms with Gasteiger partial charge in [-0.1, -0.05) is 66.7 Å². The number of carbonyl (C=O) groups is 4. The van der Waals surface area contributed by atoms with Crippen molar-refractivity contribution in [3.63, 3.8) is 0 Å². The second kappa shape index (κ2) is 10.3. The highest BCUT2D eigenvalue weighted by atomic mass is 16.6. The molecule has 0 aliphatic heterocycles. The lowest BCUT2D eigenvalue weighted by Gasteiger charge is -2.39. The predicted octanol–water partition coefficient (Wildman–Crippen LogP) is 4.55. The average Bonchev–Trinajstić information content (AvgIpc) is 2.92. The van der Waals surface area contributed by atoms with E-state index in [-0.39, 0.29) is 16.7 Å². The van der Waals surface area contributed by atoms with E-state index in [1.165, 1.54) is 43.3 Å². The summed E-state index contributed by atoms with van der Waals surface area (Å²) in [6.07, 6.45) is -0.958. The third-order valence-corrected chi connectivity index (χ3v) is 5.90. The zero-order valence-corrected chi connectivity index (χ0v) is 19.7. The average molecular weight is 498 g/mol. The van der Waals surface area contributed by atoms with Crippen LogP contribution in [0, 0.1) is 0 Å². The molecular weight excluding hydrogens is 476 g/mol. The SMILES string of the molecule is CC1(OC(=O)c2ccccc2)C(O)=CC(C(=O)O)=C(C(=O)c2ccccc2)C1OC(=O)c1ccccc1. The Bertz CT molecular complexity index is 1410.